The van der Waals surface area contributed by atoms with Crippen LogP contribution in [-0.4, -0.2) is 25.2 Å². The molecule has 0 aliphatic rings. The number of carbonyl (C=O) groups excluding carboxylic acids is 2. The molecule has 0 N–H and O–H groups in total. The fraction of sp³-hybridized carbons (Fsp3) is 0.714. The molecule has 0 aliphatic heterocycles. The lowest BCUT2D eigenvalue weighted by atomic mass is 10.0. The van der Waals surface area contributed by atoms with Crippen LogP contribution in [0.2, 0.25) is 0 Å². The number of unbranched alkanes of at least 4 members (excludes halogenated alkanes) is 4. The molecular weight excluding hydrogens is 232 g/mol. The molecule has 0 aromatic carbocycles. The first-order valence-electron chi connectivity index (χ1n) is 6.47. The third kappa shape index (κ3) is 7.09. The SMILES string of the molecule is C=C(C(=O)OC)C(CCCCCCC)OC(C)=O. The van der Waals surface area contributed by atoms with Crippen LogP contribution in [-0.2, 0) is 19.1 Å². The summed E-state index contributed by atoms with van der Waals surface area (Å²) in [6.07, 6.45) is 5.59. The van der Waals surface area contributed by atoms with Gasteiger partial charge in [0.15, 0.2) is 0 Å². The zero-order chi connectivity index (χ0) is 14.0. The smallest absolute Gasteiger partial charge is 0.336 e. The van der Waals surface area contributed by atoms with Crippen LogP contribution in [0, 0.1) is 0 Å². The number of carbonyl (C=O) groups is 2. The monoisotopic (exact) mass is 256 g/mol. The molecule has 0 aromatic heterocycles. The van der Waals surface area contributed by atoms with Crippen molar-refractivity contribution in [2.24, 2.45) is 0 Å². The highest BCUT2D eigenvalue weighted by Gasteiger charge is 2.21. The van der Waals surface area contributed by atoms with Gasteiger partial charge in [-0.25, -0.2) is 4.79 Å². The van der Waals surface area contributed by atoms with E-state index in [4.69, 9.17) is 4.74 Å². The van der Waals surface area contributed by atoms with E-state index in [1.807, 2.05) is 0 Å². The number of hydrogen-bond donors (Lipinski definition) is 0. The van der Waals surface area contributed by atoms with Gasteiger partial charge in [0.25, 0.3) is 0 Å². The molecule has 0 saturated heterocycles. The van der Waals surface area contributed by atoms with Crippen molar-refractivity contribution in [2.75, 3.05) is 7.11 Å². The molecule has 0 rings (SSSR count). The van der Waals surface area contributed by atoms with Crippen molar-refractivity contribution >= 4 is 11.9 Å². The minimum atomic E-state index is -0.559. The molecule has 1 atom stereocenters. The first kappa shape index (κ1) is 16.7. The van der Waals surface area contributed by atoms with Gasteiger partial charge in [-0.15, -0.1) is 0 Å². The molecule has 18 heavy (non-hydrogen) atoms. The number of esters is 2. The molecule has 0 spiro atoms. The molecule has 1 unspecified atom stereocenters. The highest BCUT2D eigenvalue weighted by Crippen LogP contribution is 2.16. The lowest BCUT2D eigenvalue weighted by Crippen LogP contribution is -2.24. The van der Waals surface area contributed by atoms with Gasteiger partial charge >= 0.3 is 11.9 Å². The highest BCUT2D eigenvalue weighted by molar-refractivity contribution is 5.89. The highest BCUT2D eigenvalue weighted by atomic mass is 16.6. The third-order valence-electron chi connectivity index (χ3n) is 2.71. The van der Waals surface area contributed by atoms with E-state index >= 15 is 0 Å². The van der Waals surface area contributed by atoms with E-state index in [1.54, 1.807) is 0 Å². The zero-order valence-corrected chi connectivity index (χ0v) is 11.7. The minimum Gasteiger partial charge on any atom is -0.466 e. The molecule has 0 radical (unpaired) electrons. The van der Waals surface area contributed by atoms with Crippen molar-refractivity contribution in [1.29, 1.82) is 0 Å². The fourth-order valence-corrected chi connectivity index (χ4v) is 1.70. The Morgan fingerprint density at radius 2 is 1.78 bits per heavy atom. The van der Waals surface area contributed by atoms with Gasteiger partial charge in [0.1, 0.15) is 6.10 Å². The number of rotatable bonds is 9. The summed E-state index contributed by atoms with van der Waals surface area (Å²) in [5, 5.41) is 0. The van der Waals surface area contributed by atoms with Crippen LogP contribution in [0.4, 0.5) is 0 Å². The Kier molecular flexibility index (Phi) is 8.97. The van der Waals surface area contributed by atoms with Crippen molar-refractivity contribution < 1.29 is 19.1 Å². The topological polar surface area (TPSA) is 52.6 Å². The van der Waals surface area contributed by atoms with Gasteiger partial charge in [-0.2, -0.15) is 0 Å². The third-order valence-corrected chi connectivity index (χ3v) is 2.71. The van der Waals surface area contributed by atoms with Gasteiger partial charge in [0.2, 0.25) is 0 Å². The van der Waals surface area contributed by atoms with E-state index in [0.717, 1.165) is 19.3 Å². The second kappa shape index (κ2) is 9.68. The summed E-state index contributed by atoms with van der Waals surface area (Å²) in [4.78, 5) is 22.3. The second-order valence-electron chi connectivity index (χ2n) is 4.32. The van der Waals surface area contributed by atoms with Gasteiger partial charge in [-0.3, -0.25) is 4.79 Å². The van der Waals surface area contributed by atoms with Gasteiger partial charge in [-0.1, -0.05) is 39.2 Å². The van der Waals surface area contributed by atoms with Crippen LogP contribution < -0.4 is 0 Å². The summed E-state index contributed by atoms with van der Waals surface area (Å²) in [6.45, 7) is 7.12. The fourth-order valence-electron chi connectivity index (χ4n) is 1.70. The van der Waals surface area contributed by atoms with E-state index in [1.165, 1.54) is 26.9 Å². The van der Waals surface area contributed by atoms with E-state index < -0.39 is 18.0 Å². The zero-order valence-electron chi connectivity index (χ0n) is 11.7. The maximum Gasteiger partial charge on any atom is 0.336 e. The van der Waals surface area contributed by atoms with Crippen LogP contribution in [0.1, 0.15) is 52.4 Å². The Morgan fingerprint density at radius 3 is 2.28 bits per heavy atom. The van der Waals surface area contributed by atoms with Gasteiger partial charge in [0.05, 0.1) is 12.7 Å². The molecule has 0 heterocycles. The molecular formula is C14H24O4. The average Bonchev–Trinajstić information content (AvgIpc) is 2.34. The maximum atomic E-state index is 11.4. The quantitative estimate of drug-likeness (QED) is 0.361. The molecule has 104 valence electrons. The number of hydrogen-bond acceptors (Lipinski definition) is 4. The minimum absolute atomic E-state index is 0.211. The van der Waals surface area contributed by atoms with E-state index in [2.05, 4.69) is 18.2 Å². The van der Waals surface area contributed by atoms with Crippen molar-refractivity contribution in [2.45, 2.75) is 58.5 Å². The largest absolute Gasteiger partial charge is 0.466 e. The molecule has 4 nitrogen and oxygen atoms in total. The molecule has 0 fully saturated rings. The van der Waals surface area contributed by atoms with Gasteiger partial charge in [0, 0.05) is 6.92 Å². The first-order chi connectivity index (χ1) is 8.52. The predicted molar refractivity (Wildman–Crippen MR) is 70.1 cm³/mol. The summed E-state index contributed by atoms with van der Waals surface area (Å²) < 4.78 is 9.69. The van der Waals surface area contributed by atoms with Crippen LogP contribution in [0.3, 0.4) is 0 Å². The maximum absolute atomic E-state index is 11.4. The summed E-state index contributed by atoms with van der Waals surface area (Å²) in [7, 11) is 1.29. The Morgan fingerprint density at radius 1 is 1.17 bits per heavy atom. The van der Waals surface area contributed by atoms with Crippen molar-refractivity contribution in [1.82, 2.24) is 0 Å². The van der Waals surface area contributed by atoms with Crippen LogP contribution in [0.25, 0.3) is 0 Å². The van der Waals surface area contributed by atoms with Crippen LogP contribution in [0.5, 0.6) is 0 Å². The molecule has 0 amide bonds. The Balaban J connectivity index is 4.19. The summed E-state index contributed by atoms with van der Waals surface area (Å²) >= 11 is 0. The lowest BCUT2D eigenvalue weighted by molar-refractivity contribution is -0.147. The Hall–Kier alpha value is -1.32. The molecule has 0 aromatic rings. The van der Waals surface area contributed by atoms with E-state index in [9.17, 15) is 9.59 Å². The summed E-state index contributed by atoms with van der Waals surface area (Å²) in [6, 6.07) is 0. The predicted octanol–water partition coefficient (Wildman–Crippen LogP) is 3.01. The van der Waals surface area contributed by atoms with Gasteiger partial charge in [-0.05, 0) is 12.8 Å². The number of ether oxygens (including phenoxy) is 2. The number of methoxy groups -OCH3 is 1. The average molecular weight is 256 g/mol. The molecule has 0 saturated carbocycles. The molecule has 4 heteroatoms. The summed E-state index contributed by atoms with van der Waals surface area (Å²) in [5.74, 6) is -0.923. The normalized spacial score (nSPS) is 11.7. The first-order valence-corrected chi connectivity index (χ1v) is 6.47. The van der Waals surface area contributed by atoms with E-state index in [0.29, 0.717) is 6.42 Å². The lowest BCUT2D eigenvalue weighted by Gasteiger charge is -2.17. The van der Waals surface area contributed by atoms with Crippen molar-refractivity contribution in [3.63, 3.8) is 0 Å². The summed E-state index contributed by atoms with van der Waals surface area (Å²) in [5.41, 5.74) is 0.211. The standard InChI is InChI=1S/C14H24O4/c1-5-6-7-8-9-10-13(18-12(3)15)11(2)14(16)17-4/h13H,2,5-10H2,1,3-4H3. The second-order valence-corrected chi connectivity index (χ2v) is 4.32. The Bertz CT molecular complexity index is 284. The van der Waals surface area contributed by atoms with Crippen molar-refractivity contribution in [3.05, 3.63) is 12.2 Å². The van der Waals surface area contributed by atoms with E-state index in [-0.39, 0.29) is 5.57 Å². The van der Waals surface area contributed by atoms with Crippen LogP contribution >= 0.6 is 0 Å². The Labute approximate surface area is 109 Å². The van der Waals surface area contributed by atoms with Crippen molar-refractivity contribution in [3.8, 4) is 0 Å². The van der Waals surface area contributed by atoms with Gasteiger partial charge < -0.3 is 9.47 Å². The molecule has 0 bridgehead atoms. The molecule has 0 aliphatic carbocycles. The van der Waals surface area contributed by atoms with Crippen LogP contribution in [0.15, 0.2) is 12.2 Å².